The van der Waals surface area contributed by atoms with Crippen LogP contribution in [0.1, 0.15) is 25.3 Å². The molecule has 3 nitrogen and oxygen atoms in total. The summed E-state index contributed by atoms with van der Waals surface area (Å²) in [5.41, 5.74) is -0.338. The first-order valence-corrected chi connectivity index (χ1v) is 5.66. The minimum absolute atomic E-state index is 0.170. The van der Waals surface area contributed by atoms with Crippen molar-refractivity contribution in [2.75, 3.05) is 6.54 Å². The summed E-state index contributed by atoms with van der Waals surface area (Å²) in [5.74, 6) is 0.170. The van der Waals surface area contributed by atoms with Gasteiger partial charge >= 0.3 is 0 Å². The molecular weight excluding hydrogens is 202 g/mol. The molecule has 0 radical (unpaired) electrons. The predicted molar refractivity (Wildman–Crippen MR) is 59.7 cm³/mol. The lowest BCUT2D eigenvalue weighted by Crippen LogP contribution is -2.73. The Balaban J connectivity index is 2.01. The lowest BCUT2D eigenvalue weighted by molar-refractivity contribution is -0.203. The lowest BCUT2D eigenvalue weighted by atomic mass is 9.67. The van der Waals surface area contributed by atoms with Crippen molar-refractivity contribution in [3.63, 3.8) is 0 Å². The number of nitrogens with zero attached hydrogens (tertiary/aromatic N) is 1. The van der Waals surface area contributed by atoms with E-state index in [4.69, 9.17) is 0 Å². The van der Waals surface area contributed by atoms with Gasteiger partial charge in [0.2, 0.25) is 5.91 Å². The zero-order valence-electron chi connectivity index (χ0n) is 9.31. The van der Waals surface area contributed by atoms with E-state index in [-0.39, 0.29) is 5.91 Å². The van der Waals surface area contributed by atoms with Gasteiger partial charge in [0, 0.05) is 6.42 Å². The highest BCUT2D eigenvalue weighted by Crippen LogP contribution is 2.53. The molecule has 2 aliphatic heterocycles. The van der Waals surface area contributed by atoms with Crippen molar-refractivity contribution in [1.29, 1.82) is 0 Å². The van der Waals surface area contributed by atoms with E-state index in [0.717, 1.165) is 12.0 Å². The van der Waals surface area contributed by atoms with Crippen molar-refractivity contribution in [3.8, 4) is 0 Å². The number of hydrogen-bond donors (Lipinski definition) is 1. The monoisotopic (exact) mass is 217 g/mol. The second kappa shape index (κ2) is 2.86. The summed E-state index contributed by atoms with van der Waals surface area (Å²) in [4.78, 5) is 13.4. The van der Waals surface area contributed by atoms with E-state index in [1.54, 1.807) is 4.90 Å². The maximum absolute atomic E-state index is 11.6. The average molecular weight is 217 g/mol. The number of rotatable bonds is 1. The summed E-state index contributed by atoms with van der Waals surface area (Å²) in [6, 6.07) is 9.66. The third kappa shape index (κ3) is 0.944. The summed E-state index contributed by atoms with van der Waals surface area (Å²) in [6.07, 6.45) is 1.31. The van der Waals surface area contributed by atoms with E-state index in [1.165, 1.54) is 0 Å². The molecule has 0 bridgehead atoms. The zero-order valence-corrected chi connectivity index (χ0v) is 9.31. The number of hydrogen-bond acceptors (Lipinski definition) is 2. The van der Waals surface area contributed by atoms with Crippen LogP contribution in [0.15, 0.2) is 30.3 Å². The summed E-state index contributed by atoms with van der Waals surface area (Å²) in [6.45, 7) is 2.42. The van der Waals surface area contributed by atoms with Crippen LogP contribution in [-0.4, -0.2) is 28.0 Å². The molecule has 2 aliphatic rings. The molecule has 2 saturated heterocycles. The third-order valence-electron chi connectivity index (χ3n) is 4.25. The number of amides is 1. The molecule has 0 saturated carbocycles. The molecule has 3 heteroatoms. The quantitative estimate of drug-likeness (QED) is 0.769. The van der Waals surface area contributed by atoms with Crippen LogP contribution < -0.4 is 0 Å². The fourth-order valence-corrected chi connectivity index (χ4v) is 3.01. The molecule has 1 amide bonds. The van der Waals surface area contributed by atoms with E-state index in [1.807, 2.05) is 37.3 Å². The second-order valence-electron chi connectivity index (χ2n) is 4.98. The molecular formula is C13H15NO2. The first kappa shape index (κ1) is 9.85. The van der Waals surface area contributed by atoms with Gasteiger partial charge in [-0.2, -0.15) is 0 Å². The van der Waals surface area contributed by atoms with Gasteiger partial charge in [-0.15, -0.1) is 0 Å². The Kier molecular flexibility index (Phi) is 1.76. The molecule has 16 heavy (non-hydrogen) atoms. The third-order valence-corrected chi connectivity index (χ3v) is 4.25. The summed E-state index contributed by atoms with van der Waals surface area (Å²) >= 11 is 0. The average Bonchev–Trinajstić information content (AvgIpc) is 2.55. The lowest BCUT2D eigenvalue weighted by Gasteiger charge is -2.59. The molecule has 0 spiro atoms. The Bertz CT molecular complexity index is 445. The molecule has 1 N–H and O–H groups in total. The molecule has 1 aromatic carbocycles. The van der Waals surface area contributed by atoms with Crippen LogP contribution in [0.4, 0.5) is 0 Å². The molecule has 84 valence electrons. The van der Waals surface area contributed by atoms with Gasteiger partial charge in [0.15, 0.2) is 0 Å². The number of benzene rings is 1. The minimum Gasteiger partial charge on any atom is -0.381 e. The molecule has 2 heterocycles. The smallest absolute Gasteiger partial charge is 0.223 e. The first-order valence-electron chi connectivity index (χ1n) is 5.66. The van der Waals surface area contributed by atoms with Crippen LogP contribution in [0.3, 0.4) is 0 Å². The van der Waals surface area contributed by atoms with Crippen LogP contribution in [-0.2, 0) is 10.4 Å². The Labute approximate surface area is 94.7 Å². The van der Waals surface area contributed by atoms with Crippen molar-refractivity contribution < 1.29 is 9.90 Å². The largest absolute Gasteiger partial charge is 0.381 e. The highest BCUT2D eigenvalue weighted by atomic mass is 16.3. The summed E-state index contributed by atoms with van der Waals surface area (Å²) < 4.78 is 0. The van der Waals surface area contributed by atoms with E-state index >= 15 is 0 Å². The van der Waals surface area contributed by atoms with Crippen molar-refractivity contribution in [3.05, 3.63) is 35.9 Å². The van der Waals surface area contributed by atoms with Gasteiger partial charge in [-0.1, -0.05) is 30.3 Å². The maximum Gasteiger partial charge on any atom is 0.223 e. The van der Waals surface area contributed by atoms with E-state index < -0.39 is 11.1 Å². The van der Waals surface area contributed by atoms with E-state index in [9.17, 15) is 9.90 Å². The first-order chi connectivity index (χ1) is 7.58. The van der Waals surface area contributed by atoms with Gasteiger partial charge in [0.05, 0.1) is 12.1 Å². The Morgan fingerprint density at radius 2 is 2.00 bits per heavy atom. The van der Waals surface area contributed by atoms with Gasteiger partial charge in [0.1, 0.15) is 5.60 Å². The SMILES string of the molecule is C[C@@]12CCC(=O)N1C[C@@]2(O)c1ccccc1. The van der Waals surface area contributed by atoms with Gasteiger partial charge in [-0.25, -0.2) is 0 Å². The highest BCUT2D eigenvalue weighted by Gasteiger charge is 2.65. The normalized spacial score (nSPS) is 37.1. The summed E-state index contributed by atoms with van der Waals surface area (Å²) in [5, 5.41) is 10.7. The minimum atomic E-state index is -0.861. The molecule has 0 unspecified atom stereocenters. The number of carbonyl (C=O) groups is 1. The Morgan fingerprint density at radius 1 is 1.31 bits per heavy atom. The molecule has 0 aliphatic carbocycles. The fraction of sp³-hybridized carbons (Fsp3) is 0.462. The summed E-state index contributed by atoms with van der Waals surface area (Å²) in [7, 11) is 0. The van der Waals surface area contributed by atoms with Crippen molar-refractivity contribution in [1.82, 2.24) is 4.90 Å². The molecule has 1 aromatic rings. The maximum atomic E-state index is 11.6. The van der Waals surface area contributed by atoms with Crippen LogP contribution >= 0.6 is 0 Å². The van der Waals surface area contributed by atoms with Crippen LogP contribution in [0.25, 0.3) is 0 Å². The molecule has 0 aromatic heterocycles. The fourth-order valence-electron chi connectivity index (χ4n) is 3.01. The van der Waals surface area contributed by atoms with Crippen LogP contribution in [0.5, 0.6) is 0 Å². The number of carbonyl (C=O) groups excluding carboxylic acids is 1. The van der Waals surface area contributed by atoms with Crippen LogP contribution in [0.2, 0.25) is 0 Å². The Hall–Kier alpha value is -1.35. The topological polar surface area (TPSA) is 40.5 Å². The zero-order chi connectivity index (χ0) is 11.4. The van der Waals surface area contributed by atoms with Crippen molar-refractivity contribution >= 4 is 5.91 Å². The second-order valence-corrected chi connectivity index (χ2v) is 4.98. The highest BCUT2D eigenvalue weighted by molar-refractivity contribution is 5.82. The molecule has 3 rings (SSSR count). The van der Waals surface area contributed by atoms with Crippen LogP contribution in [0, 0.1) is 0 Å². The molecule has 2 atom stereocenters. The van der Waals surface area contributed by atoms with E-state index in [0.29, 0.717) is 13.0 Å². The standard InChI is InChI=1S/C13H15NO2/c1-12-8-7-11(15)14(12)9-13(12,16)10-5-3-2-4-6-10/h2-6,16H,7-9H2,1H3/t12-,13+/m0/s1. The number of aliphatic hydroxyl groups is 1. The predicted octanol–water partition coefficient (Wildman–Crippen LogP) is 1.27. The van der Waals surface area contributed by atoms with Gasteiger partial charge in [-0.3, -0.25) is 4.79 Å². The molecule has 2 fully saturated rings. The van der Waals surface area contributed by atoms with Crippen molar-refractivity contribution in [2.24, 2.45) is 0 Å². The van der Waals surface area contributed by atoms with E-state index in [2.05, 4.69) is 0 Å². The number of fused-ring (bicyclic) bond motifs is 1. The van der Waals surface area contributed by atoms with Gasteiger partial charge in [0.25, 0.3) is 0 Å². The van der Waals surface area contributed by atoms with Crippen molar-refractivity contribution in [2.45, 2.75) is 30.9 Å². The van der Waals surface area contributed by atoms with Gasteiger partial charge < -0.3 is 10.0 Å². The van der Waals surface area contributed by atoms with Gasteiger partial charge in [-0.05, 0) is 18.9 Å². The Morgan fingerprint density at radius 3 is 2.62 bits per heavy atom.